The number of H-pyrrole nitrogens is 2. The van der Waals surface area contributed by atoms with Gasteiger partial charge in [0.15, 0.2) is 5.82 Å². The van der Waals surface area contributed by atoms with E-state index in [1.807, 2.05) is 24.3 Å². The molecular formula is C15H14N6O2. The zero-order valence-electron chi connectivity index (χ0n) is 12.1. The molecule has 23 heavy (non-hydrogen) atoms. The maximum Gasteiger partial charge on any atom is 0.232 e. The number of fused-ring (bicyclic) bond motifs is 1. The number of benzene rings is 1. The minimum atomic E-state index is -0.428. The molecule has 3 aromatic rings. The fraction of sp³-hybridized carbons (Fsp3) is 0.200. The van der Waals surface area contributed by atoms with Gasteiger partial charge in [-0.1, -0.05) is 12.1 Å². The topological polar surface area (TPSA) is 107 Å². The third-order valence-corrected chi connectivity index (χ3v) is 3.94. The average Bonchev–Trinajstić information content (AvgIpc) is 3.26. The van der Waals surface area contributed by atoms with Gasteiger partial charge < -0.3 is 4.98 Å². The van der Waals surface area contributed by atoms with Crippen LogP contribution in [-0.2, 0) is 9.59 Å². The number of imidazole rings is 1. The number of carbonyl (C=O) groups is 2. The second-order valence-corrected chi connectivity index (χ2v) is 5.43. The molecule has 0 unspecified atom stereocenters. The highest BCUT2D eigenvalue weighted by Crippen LogP contribution is 2.29. The Labute approximate surface area is 130 Å². The van der Waals surface area contributed by atoms with Gasteiger partial charge in [-0.25, -0.2) is 4.98 Å². The van der Waals surface area contributed by atoms with Crippen LogP contribution in [0.1, 0.15) is 6.42 Å². The maximum atomic E-state index is 12.3. The molecular weight excluding hydrogens is 296 g/mol. The van der Waals surface area contributed by atoms with Crippen molar-refractivity contribution in [1.82, 2.24) is 20.2 Å². The Morgan fingerprint density at radius 1 is 1.35 bits per heavy atom. The van der Waals surface area contributed by atoms with E-state index in [0.717, 1.165) is 10.9 Å². The summed E-state index contributed by atoms with van der Waals surface area (Å²) in [4.78, 5) is 32.9. The lowest BCUT2D eigenvalue weighted by atomic mass is 10.1. The summed E-state index contributed by atoms with van der Waals surface area (Å²) in [6, 6.07) is 7.59. The molecule has 116 valence electrons. The Kier molecular flexibility index (Phi) is 3.07. The van der Waals surface area contributed by atoms with Gasteiger partial charge in [0.05, 0.1) is 11.4 Å². The highest BCUT2D eigenvalue weighted by Gasteiger charge is 2.37. The van der Waals surface area contributed by atoms with E-state index in [2.05, 4.69) is 25.5 Å². The van der Waals surface area contributed by atoms with Crippen molar-refractivity contribution < 1.29 is 9.59 Å². The van der Waals surface area contributed by atoms with Gasteiger partial charge in [-0.15, -0.1) is 0 Å². The van der Waals surface area contributed by atoms with Gasteiger partial charge in [-0.05, 0) is 12.1 Å². The predicted octanol–water partition coefficient (Wildman–Crippen LogP) is 1.28. The number of rotatable bonds is 3. The lowest BCUT2D eigenvalue weighted by Crippen LogP contribution is -2.28. The summed E-state index contributed by atoms with van der Waals surface area (Å²) in [6.07, 6.45) is 3.34. The molecule has 0 saturated carbocycles. The Morgan fingerprint density at radius 2 is 2.22 bits per heavy atom. The van der Waals surface area contributed by atoms with Crippen molar-refractivity contribution in [2.24, 2.45) is 5.92 Å². The number of anilines is 2. The quantitative estimate of drug-likeness (QED) is 0.677. The monoisotopic (exact) mass is 310 g/mol. The number of amides is 2. The van der Waals surface area contributed by atoms with Crippen LogP contribution in [0.5, 0.6) is 0 Å². The number of hydrogen-bond donors (Lipinski definition) is 3. The van der Waals surface area contributed by atoms with Crippen LogP contribution in [0, 0.1) is 5.92 Å². The molecule has 0 aliphatic carbocycles. The summed E-state index contributed by atoms with van der Waals surface area (Å²) in [6.45, 7) is 0.306. The van der Waals surface area contributed by atoms with E-state index in [0.29, 0.717) is 18.3 Å². The van der Waals surface area contributed by atoms with Gasteiger partial charge in [0.1, 0.15) is 0 Å². The molecule has 2 aromatic heterocycles. The highest BCUT2D eigenvalue weighted by atomic mass is 16.2. The van der Waals surface area contributed by atoms with Crippen LogP contribution in [-0.4, -0.2) is 38.5 Å². The molecule has 0 spiro atoms. The van der Waals surface area contributed by atoms with Crippen LogP contribution in [0.3, 0.4) is 0 Å². The van der Waals surface area contributed by atoms with Crippen LogP contribution in [0.25, 0.3) is 10.9 Å². The molecule has 8 heteroatoms. The van der Waals surface area contributed by atoms with Gasteiger partial charge in [-0.3, -0.25) is 24.9 Å². The molecule has 1 aromatic carbocycles. The van der Waals surface area contributed by atoms with Crippen molar-refractivity contribution in [3.63, 3.8) is 0 Å². The second-order valence-electron chi connectivity index (χ2n) is 5.43. The third-order valence-electron chi connectivity index (χ3n) is 3.94. The first-order chi connectivity index (χ1) is 11.2. The Bertz CT molecular complexity index is 869. The fourth-order valence-electron chi connectivity index (χ4n) is 2.80. The second kappa shape index (κ2) is 5.24. The number of nitrogens with zero attached hydrogens (tertiary/aromatic N) is 3. The normalized spacial score (nSPS) is 17.8. The van der Waals surface area contributed by atoms with Gasteiger partial charge in [0, 0.05) is 30.7 Å². The average molecular weight is 310 g/mol. The molecule has 1 aliphatic heterocycles. The lowest BCUT2D eigenvalue weighted by Gasteiger charge is -2.13. The van der Waals surface area contributed by atoms with E-state index >= 15 is 0 Å². The number of aromatic amines is 2. The SMILES string of the molecule is O=C(Nc1ncc[nH]1)[C@H]1CC(=O)N(c2n[nH]c3ccccc23)C1. The molecule has 3 N–H and O–H groups in total. The molecule has 1 aliphatic rings. The smallest absolute Gasteiger partial charge is 0.232 e. The van der Waals surface area contributed by atoms with E-state index < -0.39 is 5.92 Å². The summed E-state index contributed by atoms with van der Waals surface area (Å²) >= 11 is 0. The molecule has 2 amide bonds. The Balaban J connectivity index is 1.55. The van der Waals surface area contributed by atoms with E-state index in [-0.39, 0.29) is 18.2 Å². The maximum absolute atomic E-state index is 12.3. The van der Waals surface area contributed by atoms with Crippen LogP contribution < -0.4 is 10.2 Å². The first-order valence-corrected chi connectivity index (χ1v) is 7.26. The molecule has 1 saturated heterocycles. The number of aromatic nitrogens is 4. The van der Waals surface area contributed by atoms with Crippen molar-refractivity contribution in [2.45, 2.75) is 6.42 Å². The third kappa shape index (κ3) is 2.33. The predicted molar refractivity (Wildman–Crippen MR) is 83.8 cm³/mol. The van der Waals surface area contributed by atoms with Crippen molar-refractivity contribution in [3.05, 3.63) is 36.7 Å². The molecule has 4 rings (SSSR count). The van der Waals surface area contributed by atoms with Crippen LogP contribution in [0.2, 0.25) is 0 Å². The van der Waals surface area contributed by atoms with Crippen molar-refractivity contribution in [1.29, 1.82) is 0 Å². The largest absolute Gasteiger partial charge is 0.331 e. The van der Waals surface area contributed by atoms with Crippen molar-refractivity contribution in [3.8, 4) is 0 Å². The summed E-state index contributed by atoms with van der Waals surface area (Å²) < 4.78 is 0. The number of nitrogens with one attached hydrogen (secondary N) is 3. The zero-order chi connectivity index (χ0) is 15.8. The van der Waals surface area contributed by atoms with Gasteiger partial charge >= 0.3 is 0 Å². The molecule has 8 nitrogen and oxygen atoms in total. The van der Waals surface area contributed by atoms with E-state index in [1.165, 1.54) is 0 Å². The van der Waals surface area contributed by atoms with Gasteiger partial charge in [0.2, 0.25) is 17.8 Å². The summed E-state index contributed by atoms with van der Waals surface area (Å²) in [7, 11) is 0. The van der Waals surface area contributed by atoms with E-state index in [4.69, 9.17) is 0 Å². The van der Waals surface area contributed by atoms with Gasteiger partial charge in [0.25, 0.3) is 0 Å². The van der Waals surface area contributed by atoms with E-state index in [1.54, 1.807) is 17.3 Å². The molecule has 0 bridgehead atoms. The highest BCUT2D eigenvalue weighted by molar-refractivity contribution is 6.06. The fourth-order valence-corrected chi connectivity index (χ4v) is 2.80. The minimum Gasteiger partial charge on any atom is -0.331 e. The van der Waals surface area contributed by atoms with Crippen LogP contribution in [0.4, 0.5) is 11.8 Å². The standard InChI is InChI=1S/C15H14N6O2/c22-12-7-9(14(23)18-15-16-5-6-17-15)8-21(12)13-10-3-1-2-4-11(10)19-20-13/h1-6,9H,7-8H2,(H,19,20)(H2,16,17,18,23)/t9-/m0/s1. The molecule has 1 atom stereocenters. The number of carbonyl (C=O) groups excluding carboxylic acids is 2. The molecule has 0 radical (unpaired) electrons. The Hall–Kier alpha value is -3.16. The Morgan fingerprint density at radius 3 is 3.04 bits per heavy atom. The van der Waals surface area contributed by atoms with Crippen molar-refractivity contribution >= 4 is 34.5 Å². The number of hydrogen-bond acceptors (Lipinski definition) is 4. The van der Waals surface area contributed by atoms with Gasteiger partial charge in [-0.2, -0.15) is 5.10 Å². The molecule has 1 fully saturated rings. The first kappa shape index (κ1) is 13.5. The van der Waals surface area contributed by atoms with Crippen LogP contribution in [0.15, 0.2) is 36.7 Å². The van der Waals surface area contributed by atoms with E-state index in [9.17, 15) is 9.59 Å². The van der Waals surface area contributed by atoms with Crippen LogP contribution >= 0.6 is 0 Å². The summed E-state index contributed by atoms with van der Waals surface area (Å²) in [5.74, 6) is 0.186. The van der Waals surface area contributed by atoms with Crippen molar-refractivity contribution in [2.75, 3.05) is 16.8 Å². The summed E-state index contributed by atoms with van der Waals surface area (Å²) in [5, 5.41) is 10.7. The minimum absolute atomic E-state index is 0.109. The summed E-state index contributed by atoms with van der Waals surface area (Å²) in [5.41, 5.74) is 0.860. The first-order valence-electron chi connectivity index (χ1n) is 7.26. The zero-order valence-corrected chi connectivity index (χ0v) is 12.1. The number of para-hydroxylation sites is 1. The lowest BCUT2D eigenvalue weighted by molar-refractivity contribution is -0.122. The molecule has 3 heterocycles.